The highest BCUT2D eigenvalue weighted by Crippen LogP contribution is 2.44. The summed E-state index contributed by atoms with van der Waals surface area (Å²) in [5.74, 6) is -2.31. The maximum Gasteiger partial charge on any atom is 0.406 e. The smallest absolute Gasteiger partial charge is 0.406 e. The van der Waals surface area contributed by atoms with Gasteiger partial charge in [-0.3, -0.25) is 29.2 Å². The van der Waals surface area contributed by atoms with E-state index in [-0.39, 0.29) is 49.3 Å². The van der Waals surface area contributed by atoms with Crippen LogP contribution in [0, 0.1) is 16.7 Å². The molecule has 394 valence electrons. The van der Waals surface area contributed by atoms with Gasteiger partial charge in [-0.2, -0.15) is 13.2 Å². The van der Waals surface area contributed by atoms with Crippen LogP contribution in [0.5, 0.6) is 0 Å². The molecule has 5 amide bonds. The third kappa shape index (κ3) is 11.6. The number of ether oxygens (including phenoxy) is 2. The number of thiazole rings is 1. The quantitative estimate of drug-likeness (QED) is 0.0936. The molecule has 6 bridgehead atoms. The number of alkyl halides is 4. The number of urea groups is 1. The highest BCUT2D eigenvalue weighted by atomic mass is 32.1. The fourth-order valence-corrected chi connectivity index (χ4v) is 11.6. The summed E-state index contributed by atoms with van der Waals surface area (Å²) in [6, 6.07) is 5.15. The molecule has 1 aromatic carbocycles. The zero-order valence-electron chi connectivity index (χ0n) is 42.4. The Morgan fingerprint density at radius 1 is 1.08 bits per heavy atom. The Labute approximate surface area is 426 Å². The van der Waals surface area contributed by atoms with Crippen molar-refractivity contribution in [1.82, 2.24) is 45.0 Å². The van der Waals surface area contributed by atoms with Gasteiger partial charge in [0.2, 0.25) is 11.8 Å². The number of hydrogen-bond donors (Lipinski definition) is 2. The van der Waals surface area contributed by atoms with Crippen molar-refractivity contribution < 1.29 is 51.0 Å². The standard InChI is InChI=1S/C52H65F4N9O7S/c1-31(2)44(61(6)49(70)62-21-16-51(17-22-62)27-63(28-51)42(66)13-8-18-53)46(67)59-38-24-41-58-39(26-73-41)33-14-15-40-35(23-33)36(25-50(4,5)30-72-48(69)37-12-10-20-65(60-37)47(38)68)45(64(40)29-52(54,55)56)34-11-9-19-57-43(34)32(3)71-7/h8-9,11,13-15,19,23,26,31-32,37-38,44,60H,10,12,16-18,20-22,24-25,27-30H2,1-7H3,(H,59,67)/b13-8+/t32-,37-,38-,44?/m0/s1. The van der Waals surface area contributed by atoms with Gasteiger partial charge in [0, 0.05) is 104 Å². The molecule has 1 unspecified atom stereocenters. The summed E-state index contributed by atoms with van der Waals surface area (Å²) in [5, 5.41) is 7.14. The molecular weight excluding hydrogens is 971 g/mol. The first-order chi connectivity index (χ1) is 34.6. The molecule has 7 heterocycles. The topological polar surface area (TPSA) is 172 Å². The van der Waals surface area contributed by atoms with Gasteiger partial charge >= 0.3 is 18.2 Å². The number of rotatable bonds is 10. The van der Waals surface area contributed by atoms with Crippen molar-refractivity contribution in [2.75, 3.05) is 60.2 Å². The van der Waals surface area contributed by atoms with Gasteiger partial charge in [0.1, 0.15) is 31.3 Å². The Bertz CT molecular complexity index is 2740. The van der Waals surface area contributed by atoms with E-state index in [0.717, 1.165) is 0 Å². The lowest BCUT2D eigenvalue weighted by Crippen LogP contribution is -2.64. The number of carbonyl (C=O) groups is 5. The second-order valence-corrected chi connectivity index (χ2v) is 22.0. The van der Waals surface area contributed by atoms with Crippen LogP contribution in [0.4, 0.5) is 22.4 Å². The maximum absolute atomic E-state index is 14.7. The van der Waals surface area contributed by atoms with Crippen LogP contribution in [-0.2, 0) is 48.0 Å². The van der Waals surface area contributed by atoms with Gasteiger partial charge < -0.3 is 34.1 Å². The van der Waals surface area contributed by atoms with E-state index in [1.54, 1.807) is 59.6 Å². The number of methoxy groups -OCH3 is 1. The Hall–Kier alpha value is -5.93. The number of piperidine rings is 1. The molecule has 1 spiro atoms. The molecule has 8 rings (SSSR count). The van der Waals surface area contributed by atoms with Crippen molar-refractivity contribution >= 4 is 52.0 Å². The Balaban J connectivity index is 1.11. The van der Waals surface area contributed by atoms with Crippen LogP contribution in [0.3, 0.4) is 0 Å². The SMILES string of the molecule is CO[C@@H](C)c1ncccc1-c1c2c3cc(ccc3n1CC(F)(F)F)-c1csc(n1)C[C@H](NC(=O)C(C(C)C)N(C)C(=O)N1CCC3(CC1)CN(C(=O)/C=C/CF)C3)C(=O)N1CCC[C@H](N1)C(=O)OCC(C)(C)C2. The molecule has 73 heavy (non-hydrogen) atoms. The van der Waals surface area contributed by atoms with Crippen molar-refractivity contribution in [3.63, 3.8) is 0 Å². The summed E-state index contributed by atoms with van der Waals surface area (Å²) < 4.78 is 69.6. The number of nitrogens with zero attached hydrogens (tertiary/aromatic N) is 7. The molecule has 3 saturated heterocycles. The number of likely N-dealkylation sites (N-methyl/N-ethyl adjacent to an activating group) is 1. The van der Waals surface area contributed by atoms with Gasteiger partial charge in [-0.25, -0.2) is 19.6 Å². The van der Waals surface area contributed by atoms with E-state index in [0.29, 0.717) is 102 Å². The van der Waals surface area contributed by atoms with E-state index in [9.17, 15) is 41.5 Å². The number of esters is 1. The van der Waals surface area contributed by atoms with E-state index in [1.165, 1.54) is 45.1 Å². The van der Waals surface area contributed by atoms with E-state index in [4.69, 9.17) is 14.5 Å². The summed E-state index contributed by atoms with van der Waals surface area (Å²) in [7, 11) is 3.08. The monoisotopic (exact) mass is 1040 g/mol. The van der Waals surface area contributed by atoms with Crippen LogP contribution in [0.15, 0.2) is 54.1 Å². The third-order valence-electron chi connectivity index (χ3n) is 14.6. The molecule has 4 atom stereocenters. The van der Waals surface area contributed by atoms with Crippen molar-refractivity contribution in [2.24, 2.45) is 16.7 Å². The summed E-state index contributed by atoms with van der Waals surface area (Å²) in [4.78, 5) is 84.0. The minimum absolute atomic E-state index is 0.0580. The van der Waals surface area contributed by atoms with Gasteiger partial charge in [0.25, 0.3) is 5.91 Å². The summed E-state index contributed by atoms with van der Waals surface area (Å²) in [6.45, 7) is 9.18. The molecule has 16 nitrogen and oxygen atoms in total. The average molecular weight is 1040 g/mol. The number of halogens is 4. The highest BCUT2D eigenvalue weighted by molar-refractivity contribution is 7.10. The number of cyclic esters (lactones) is 1. The number of hydrazine groups is 1. The van der Waals surface area contributed by atoms with Gasteiger partial charge in [0.15, 0.2) is 0 Å². The molecular formula is C52H65F4N9O7S. The van der Waals surface area contributed by atoms with Gasteiger partial charge in [-0.15, -0.1) is 11.3 Å². The zero-order valence-corrected chi connectivity index (χ0v) is 43.2. The minimum Gasteiger partial charge on any atom is -0.464 e. The first kappa shape index (κ1) is 53.4. The summed E-state index contributed by atoms with van der Waals surface area (Å²) in [5.41, 5.74) is 5.42. The van der Waals surface area contributed by atoms with Crippen LogP contribution in [0.2, 0.25) is 0 Å². The van der Waals surface area contributed by atoms with E-state index < -0.39 is 66.8 Å². The fraction of sp³-hybridized carbons (Fsp3) is 0.558. The normalized spacial score (nSPS) is 21.2. The molecule has 3 fully saturated rings. The molecule has 2 N–H and O–H groups in total. The molecule has 21 heteroatoms. The number of pyridine rings is 1. The lowest BCUT2D eigenvalue weighted by Gasteiger charge is -2.54. The zero-order chi connectivity index (χ0) is 52.6. The maximum atomic E-state index is 14.7. The second kappa shape index (κ2) is 21.5. The van der Waals surface area contributed by atoms with Gasteiger partial charge in [-0.1, -0.05) is 33.8 Å². The number of likely N-dealkylation sites (tertiary alicyclic amines) is 2. The molecule has 0 saturated carbocycles. The number of allylic oxidation sites excluding steroid dienone is 1. The highest BCUT2D eigenvalue weighted by Gasteiger charge is 2.48. The minimum atomic E-state index is -4.60. The van der Waals surface area contributed by atoms with Gasteiger partial charge in [-0.05, 0) is 80.9 Å². The Morgan fingerprint density at radius 3 is 2.51 bits per heavy atom. The summed E-state index contributed by atoms with van der Waals surface area (Å²) in [6.07, 6.45) is 1.08. The number of aromatic nitrogens is 3. The molecule has 4 aliphatic rings. The van der Waals surface area contributed by atoms with Crippen LogP contribution in [0.25, 0.3) is 33.4 Å². The first-order valence-electron chi connectivity index (χ1n) is 24.8. The van der Waals surface area contributed by atoms with E-state index in [2.05, 4.69) is 15.7 Å². The fourth-order valence-electron chi connectivity index (χ4n) is 10.8. The second-order valence-electron chi connectivity index (χ2n) is 21.0. The van der Waals surface area contributed by atoms with Crippen LogP contribution in [-0.4, -0.2) is 148 Å². The molecule has 3 aromatic heterocycles. The number of amides is 5. The summed E-state index contributed by atoms with van der Waals surface area (Å²) >= 11 is 1.26. The average Bonchev–Trinajstić information content (AvgIpc) is 3.93. The molecule has 4 aliphatic heterocycles. The van der Waals surface area contributed by atoms with E-state index >= 15 is 0 Å². The van der Waals surface area contributed by atoms with Crippen molar-refractivity contribution in [3.8, 4) is 22.5 Å². The largest absolute Gasteiger partial charge is 0.464 e. The number of benzene rings is 1. The number of carbonyl (C=O) groups excluding carboxylic acids is 5. The molecule has 0 aliphatic carbocycles. The van der Waals surface area contributed by atoms with Gasteiger partial charge in [0.05, 0.1) is 34.8 Å². The number of nitrogens with one attached hydrogen (secondary N) is 2. The Morgan fingerprint density at radius 2 is 1.82 bits per heavy atom. The number of fused-ring (bicyclic) bond motifs is 6. The van der Waals surface area contributed by atoms with E-state index in [1.807, 2.05) is 33.8 Å². The predicted octanol–water partition coefficient (Wildman–Crippen LogP) is 7.27. The van der Waals surface area contributed by atoms with Crippen LogP contribution < -0.4 is 10.7 Å². The lowest BCUT2D eigenvalue weighted by molar-refractivity contribution is -0.155. The predicted molar refractivity (Wildman–Crippen MR) is 266 cm³/mol. The number of hydrogen-bond acceptors (Lipinski definition) is 11. The van der Waals surface area contributed by atoms with Crippen LogP contribution in [0.1, 0.15) is 82.7 Å². The molecule has 4 aromatic rings. The van der Waals surface area contributed by atoms with Crippen molar-refractivity contribution in [1.29, 1.82) is 0 Å². The van der Waals surface area contributed by atoms with Crippen molar-refractivity contribution in [2.45, 2.75) is 110 Å². The molecule has 0 radical (unpaired) electrons. The lowest BCUT2D eigenvalue weighted by atomic mass is 9.72. The first-order valence-corrected chi connectivity index (χ1v) is 25.7. The third-order valence-corrected chi connectivity index (χ3v) is 15.5. The van der Waals surface area contributed by atoms with Crippen molar-refractivity contribution in [3.05, 3.63) is 70.3 Å². The Kier molecular flexibility index (Phi) is 15.7. The van der Waals surface area contributed by atoms with Crippen LogP contribution >= 0.6 is 11.3 Å².